The molecular formula is C24H30N2O5. The Hall–Kier alpha value is -3.22. The van der Waals surface area contributed by atoms with Crippen LogP contribution < -0.4 is 19.5 Å². The van der Waals surface area contributed by atoms with Crippen LogP contribution in [0.25, 0.3) is 0 Å². The third-order valence-corrected chi connectivity index (χ3v) is 5.31. The molecule has 1 heterocycles. The molecule has 0 aromatic heterocycles. The molecule has 0 saturated carbocycles. The summed E-state index contributed by atoms with van der Waals surface area (Å²) < 4.78 is 16.0. The highest BCUT2D eigenvalue weighted by Crippen LogP contribution is 2.32. The average molecular weight is 427 g/mol. The normalized spacial score (nSPS) is 12.9. The fourth-order valence-electron chi connectivity index (χ4n) is 3.63. The van der Waals surface area contributed by atoms with Gasteiger partial charge in [0.25, 0.3) is 0 Å². The molecular weight excluding hydrogens is 396 g/mol. The first kappa shape index (κ1) is 22.5. The van der Waals surface area contributed by atoms with Crippen molar-refractivity contribution >= 4 is 11.8 Å². The molecule has 1 N–H and O–H groups in total. The Morgan fingerprint density at radius 1 is 1.06 bits per heavy atom. The van der Waals surface area contributed by atoms with Gasteiger partial charge in [-0.3, -0.25) is 9.59 Å². The van der Waals surface area contributed by atoms with Gasteiger partial charge in [-0.25, -0.2) is 0 Å². The summed E-state index contributed by atoms with van der Waals surface area (Å²) in [5.74, 6) is 1.98. The summed E-state index contributed by atoms with van der Waals surface area (Å²) in [6, 6.07) is 12.7. The number of nitrogens with zero attached hydrogens (tertiary/aromatic N) is 1. The topological polar surface area (TPSA) is 77.1 Å². The van der Waals surface area contributed by atoms with Crippen molar-refractivity contribution in [2.75, 3.05) is 20.4 Å². The zero-order valence-electron chi connectivity index (χ0n) is 18.3. The molecule has 0 saturated heterocycles. The first-order chi connectivity index (χ1) is 15.0. The highest BCUT2D eigenvalue weighted by molar-refractivity contribution is 5.87. The van der Waals surface area contributed by atoms with Gasteiger partial charge in [0.1, 0.15) is 11.8 Å². The van der Waals surface area contributed by atoms with Crippen LogP contribution in [0.3, 0.4) is 0 Å². The third kappa shape index (κ3) is 5.69. The number of rotatable bonds is 10. The van der Waals surface area contributed by atoms with E-state index in [-0.39, 0.29) is 18.6 Å². The molecule has 2 amide bonds. The van der Waals surface area contributed by atoms with E-state index in [0.717, 1.165) is 22.6 Å². The van der Waals surface area contributed by atoms with Gasteiger partial charge in [-0.05, 0) is 55.2 Å². The molecule has 7 heteroatoms. The molecule has 31 heavy (non-hydrogen) atoms. The van der Waals surface area contributed by atoms with Crippen molar-refractivity contribution in [2.45, 2.75) is 45.7 Å². The highest BCUT2D eigenvalue weighted by atomic mass is 16.7. The van der Waals surface area contributed by atoms with Crippen LogP contribution in [0.4, 0.5) is 0 Å². The van der Waals surface area contributed by atoms with Crippen molar-refractivity contribution in [3.63, 3.8) is 0 Å². The highest BCUT2D eigenvalue weighted by Gasteiger charge is 2.28. The van der Waals surface area contributed by atoms with Crippen LogP contribution in [-0.2, 0) is 22.6 Å². The van der Waals surface area contributed by atoms with E-state index in [2.05, 4.69) is 5.32 Å². The molecule has 0 bridgehead atoms. The molecule has 2 aromatic carbocycles. The summed E-state index contributed by atoms with van der Waals surface area (Å²) in [7, 11) is 1.61. The van der Waals surface area contributed by atoms with Gasteiger partial charge in [0.2, 0.25) is 18.6 Å². The van der Waals surface area contributed by atoms with Crippen LogP contribution in [0.5, 0.6) is 17.2 Å². The number of aryl methyl sites for hydroxylation is 1. The molecule has 0 spiro atoms. The number of likely N-dealkylation sites (N-methyl/N-ethyl adjacent to an activating group) is 1. The van der Waals surface area contributed by atoms with Crippen LogP contribution in [0.15, 0.2) is 42.5 Å². The van der Waals surface area contributed by atoms with Gasteiger partial charge in [-0.15, -0.1) is 0 Å². The van der Waals surface area contributed by atoms with E-state index in [1.807, 2.05) is 56.3 Å². The van der Waals surface area contributed by atoms with E-state index in [1.165, 1.54) is 0 Å². The summed E-state index contributed by atoms with van der Waals surface area (Å²) in [4.78, 5) is 27.6. The second kappa shape index (κ2) is 10.7. The van der Waals surface area contributed by atoms with E-state index in [4.69, 9.17) is 14.2 Å². The largest absolute Gasteiger partial charge is 0.497 e. The number of hydrogen-bond acceptors (Lipinski definition) is 5. The summed E-state index contributed by atoms with van der Waals surface area (Å²) in [6.45, 7) is 4.90. The van der Waals surface area contributed by atoms with Crippen molar-refractivity contribution < 1.29 is 23.8 Å². The number of nitrogens with one attached hydrogen (secondary N) is 1. The van der Waals surface area contributed by atoms with Crippen LogP contribution in [0, 0.1) is 0 Å². The van der Waals surface area contributed by atoms with Gasteiger partial charge in [0.15, 0.2) is 11.5 Å². The predicted molar refractivity (Wildman–Crippen MR) is 117 cm³/mol. The number of amides is 2. The lowest BCUT2D eigenvalue weighted by molar-refractivity contribution is -0.141. The maximum atomic E-state index is 13.3. The summed E-state index contributed by atoms with van der Waals surface area (Å²) in [5, 5.41) is 2.85. The second-order valence-corrected chi connectivity index (χ2v) is 7.38. The Balaban J connectivity index is 1.74. The smallest absolute Gasteiger partial charge is 0.242 e. The van der Waals surface area contributed by atoms with Gasteiger partial charge in [-0.1, -0.05) is 25.1 Å². The monoisotopic (exact) mass is 426 g/mol. The Kier molecular flexibility index (Phi) is 7.76. The van der Waals surface area contributed by atoms with Gasteiger partial charge < -0.3 is 24.4 Å². The molecule has 1 atom stereocenters. The van der Waals surface area contributed by atoms with Crippen molar-refractivity contribution in [1.82, 2.24) is 10.2 Å². The summed E-state index contributed by atoms with van der Waals surface area (Å²) in [5.41, 5.74) is 1.94. The maximum absolute atomic E-state index is 13.3. The third-order valence-electron chi connectivity index (χ3n) is 5.31. The minimum absolute atomic E-state index is 0.0633. The average Bonchev–Trinajstić information content (AvgIpc) is 3.26. The standard InChI is InChI=1S/C24H30N2O5/c1-4-20(24(28)25-5-2)26(15-18-6-10-19(29-3)11-7-18)23(27)13-9-17-8-12-21-22(14-17)31-16-30-21/h6-8,10-12,14,20H,4-5,9,13,15-16H2,1-3H3,(H,25,28)/t20-/m0/s1. The minimum Gasteiger partial charge on any atom is -0.497 e. The number of ether oxygens (including phenoxy) is 3. The summed E-state index contributed by atoms with van der Waals surface area (Å²) in [6.07, 6.45) is 1.39. The quantitative estimate of drug-likeness (QED) is 0.631. The van der Waals surface area contributed by atoms with Crippen molar-refractivity contribution in [2.24, 2.45) is 0 Å². The van der Waals surface area contributed by atoms with Gasteiger partial charge >= 0.3 is 0 Å². The molecule has 2 aromatic rings. The number of carbonyl (C=O) groups excluding carboxylic acids is 2. The van der Waals surface area contributed by atoms with Crippen molar-refractivity contribution in [3.05, 3.63) is 53.6 Å². The molecule has 0 fully saturated rings. The lowest BCUT2D eigenvalue weighted by Crippen LogP contribution is -2.49. The maximum Gasteiger partial charge on any atom is 0.242 e. The van der Waals surface area contributed by atoms with E-state index in [9.17, 15) is 9.59 Å². The Morgan fingerprint density at radius 3 is 2.45 bits per heavy atom. The molecule has 0 aliphatic carbocycles. The van der Waals surface area contributed by atoms with E-state index >= 15 is 0 Å². The fraction of sp³-hybridized carbons (Fsp3) is 0.417. The predicted octanol–water partition coefficient (Wildman–Crippen LogP) is 3.30. The van der Waals surface area contributed by atoms with Crippen LogP contribution in [0.1, 0.15) is 37.8 Å². The molecule has 1 aliphatic rings. The van der Waals surface area contributed by atoms with E-state index in [0.29, 0.717) is 38.1 Å². The zero-order valence-corrected chi connectivity index (χ0v) is 18.3. The Bertz CT molecular complexity index is 897. The SMILES string of the molecule is CCNC(=O)[C@H](CC)N(Cc1ccc(OC)cc1)C(=O)CCc1ccc2c(c1)OCO2. The lowest BCUT2D eigenvalue weighted by atomic mass is 10.1. The Labute approximate surface area is 183 Å². The van der Waals surface area contributed by atoms with Gasteiger partial charge in [0, 0.05) is 19.5 Å². The van der Waals surface area contributed by atoms with Gasteiger partial charge in [-0.2, -0.15) is 0 Å². The lowest BCUT2D eigenvalue weighted by Gasteiger charge is -2.30. The molecule has 0 unspecified atom stereocenters. The van der Waals surface area contributed by atoms with Crippen LogP contribution >= 0.6 is 0 Å². The van der Waals surface area contributed by atoms with E-state index < -0.39 is 6.04 Å². The Morgan fingerprint density at radius 2 is 1.77 bits per heavy atom. The first-order valence-electron chi connectivity index (χ1n) is 10.6. The van der Waals surface area contributed by atoms with E-state index in [1.54, 1.807) is 12.0 Å². The number of fused-ring (bicyclic) bond motifs is 1. The number of hydrogen-bond donors (Lipinski definition) is 1. The fourth-order valence-corrected chi connectivity index (χ4v) is 3.63. The molecule has 0 radical (unpaired) electrons. The van der Waals surface area contributed by atoms with Crippen LogP contribution in [-0.4, -0.2) is 43.2 Å². The zero-order chi connectivity index (χ0) is 22.2. The number of benzene rings is 2. The van der Waals surface area contributed by atoms with Crippen molar-refractivity contribution in [3.8, 4) is 17.2 Å². The number of methoxy groups -OCH3 is 1. The second-order valence-electron chi connectivity index (χ2n) is 7.38. The summed E-state index contributed by atoms with van der Waals surface area (Å²) >= 11 is 0. The minimum atomic E-state index is -0.522. The molecule has 3 rings (SSSR count). The first-order valence-corrected chi connectivity index (χ1v) is 10.6. The van der Waals surface area contributed by atoms with Crippen molar-refractivity contribution in [1.29, 1.82) is 0 Å². The molecule has 166 valence electrons. The van der Waals surface area contributed by atoms with Gasteiger partial charge in [0.05, 0.1) is 7.11 Å². The molecule has 7 nitrogen and oxygen atoms in total. The number of carbonyl (C=O) groups is 2. The molecule has 1 aliphatic heterocycles. The van der Waals surface area contributed by atoms with Crippen LogP contribution in [0.2, 0.25) is 0 Å².